The third-order valence-corrected chi connectivity index (χ3v) is 5.24. The van der Waals surface area contributed by atoms with Crippen LogP contribution in [-0.4, -0.2) is 82.1 Å². The van der Waals surface area contributed by atoms with Crippen molar-refractivity contribution < 1.29 is 14.8 Å². The number of aryl methyl sites for hydroxylation is 1. The van der Waals surface area contributed by atoms with Gasteiger partial charge in [-0.05, 0) is 26.5 Å². The second kappa shape index (κ2) is 12.4. The highest BCUT2D eigenvalue weighted by atomic mass is 16.5. The van der Waals surface area contributed by atoms with Gasteiger partial charge < -0.3 is 4.90 Å². The first-order chi connectivity index (χ1) is 14.4. The number of rotatable bonds is 12. The molecule has 1 fully saturated rings. The van der Waals surface area contributed by atoms with Gasteiger partial charge in [-0.3, -0.25) is 30.5 Å². The zero-order valence-corrected chi connectivity index (χ0v) is 18.3. The molecule has 10 nitrogen and oxygen atoms in total. The minimum atomic E-state index is -0.520. The summed E-state index contributed by atoms with van der Waals surface area (Å²) in [6.07, 6.45) is 3.74. The van der Waals surface area contributed by atoms with E-state index in [4.69, 9.17) is 0 Å². The number of carbonyl (C=O) groups excluding carboxylic acids is 2. The van der Waals surface area contributed by atoms with Crippen LogP contribution < -0.4 is 10.9 Å². The van der Waals surface area contributed by atoms with Crippen molar-refractivity contribution in [3.05, 3.63) is 17.5 Å². The number of aromatic nitrogens is 2. The van der Waals surface area contributed by atoms with Crippen LogP contribution in [0.4, 0.5) is 5.95 Å². The van der Waals surface area contributed by atoms with E-state index in [-0.39, 0.29) is 12.5 Å². The van der Waals surface area contributed by atoms with Crippen LogP contribution in [0.1, 0.15) is 44.0 Å². The molecule has 0 saturated carbocycles. The Morgan fingerprint density at radius 3 is 2.70 bits per heavy atom. The number of likely N-dealkylation sites (N-methyl/N-ethyl adjacent to an activating group) is 1. The zero-order chi connectivity index (χ0) is 21.9. The summed E-state index contributed by atoms with van der Waals surface area (Å²) in [6.45, 7) is 8.71. The fourth-order valence-corrected chi connectivity index (χ4v) is 3.44. The predicted molar refractivity (Wildman–Crippen MR) is 113 cm³/mol. The molecule has 30 heavy (non-hydrogen) atoms. The number of amides is 2. The predicted octanol–water partition coefficient (Wildman–Crippen LogP) is 1.02. The summed E-state index contributed by atoms with van der Waals surface area (Å²) in [5.74, 6) is -0.498. The number of anilines is 1. The van der Waals surface area contributed by atoms with Crippen molar-refractivity contribution in [2.24, 2.45) is 5.92 Å². The van der Waals surface area contributed by atoms with E-state index in [1.807, 2.05) is 13.0 Å². The molecule has 1 aliphatic rings. The lowest BCUT2D eigenvalue weighted by atomic mass is 10.0. The first kappa shape index (κ1) is 24.0. The van der Waals surface area contributed by atoms with Gasteiger partial charge in [-0.2, -0.15) is 0 Å². The van der Waals surface area contributed by atoms with Crippen LogP contribution in [0, 0.1) is 12.8 Å². The summed E-state index contributed by atoms with van der Waals surface area (Å²) in [5.41, 5.74) is 7.13. The molecule has 2 heterocycles. The molecule has 0 bridgehead atoms. The summed E-state index contributed by atoms with van der Waals surface area (Å²) >= 11 is 0. The number of hydrogen-bond acceptors (Lipinski definition) is 8. The van der Waals surface area contributed by atoms with E-state index in [2.05, 4.69) is 44.6 Å². The van der Waals surface area contributed by atoms with Gasteiger partial charge in [-0.25, -0.2) is 15.0 Å². The standard InChI is InChI=1S/C20H35N7O3/c1-4-5-6-7-17(13-27(30)15-28)19(29)23-24-20-21-16(2)12-18(22-20)14-26-10-8-25(3)9-11-26/h12,15,17,30H,4-11,13-14H2,1-3H3,(H,23,29)(H,21,22,24)/t17-/m1/s1. The first-order valence-electron chi connectivity index (χ1n) is 10.6. The van der Waals surface area contributed by atoms with E-state index < -0.39 is 5.92 Å². The largest absolute Gasteiger partial charge is 0.304 e. The summed E-state index contributed by atoms with van der Waals surface area (Å²) in [4.78, 5) is 36.8. The van der Waals surface area contributed by atoms with Gasteiger partial charge in [0.1, 0.15) is 0 Å². The van der Waals surface area contributed by atoms with Crippen LogP contribution in [-0.2, 0) is 16.1 Å². The number of nitrogens with one attached hydrogen (secondary N) is 2. The number of piperazine rings is 1. The maximum Gasteiger partial charge on any atom is 0.243 e. The number of hydrogen-bond donors (Lipinski definition) is 3. The van der Waals surface area contributed by atoms with E-state index in [9.17, 15) is 14.8 Å². The minimum Gasteiger partial charge on any atom is -0.304 e. The third kappa shape index (κ3) is 8.21. The van der Waals surface area contributed by atoms with E-state index in [0.717, 1.165) is 63.4 Å². The van der Waals surface area contributed by atoms with Crippen LogP contribution in [0.25, 0.3) is 0 Å². The molecule has 0 aromatic carbocycles. The van der Waals surface area contributed by atoms with Crippen molar-refractivity contribution in [2.45, 2.75) is 46.1 Å². The minimum absolute atomic E-state index is 0.0515. The van der Waals surface area contributed by atoms with E-state index in [1.165, 1.54) is 0 Å². The third-order valence-electron chi connectivity index (χ3n) is 5.24. The number of hydrazine groups is 1. The van der Waals surface area contributed by atoms with Crippen LogP contribution in [0.5, 0.6) is 0 Å². The van der Waals surface area contributed by atoms with Gasteiger partial charge in [-0.15, -0.1) is 0 Å². The Bertz CT molecular complexity index is 680. The summed E-state index contributed by atoms with van der Waals surface area (Å²) < 4.78 is 0. The second-order valence-electron chi connectivity index (χ2n) is 7.94. The Hall–Kier alpha value is -2.30. The van der Waals surface area contributed by atoms with E-state index >= 15 is 0 Å². The lowest BCUT2D eigenvalue weighted by Crippen LogP contribution is -2.44. The van der Waals surface area contributed by atoms with Crippen LogP contribution in [0.2, 0.25) is 0 Å². The maximum absolute atomic E-state index is 12.6. The normalized spacial score (nSPS) is 16.1. The monoisotopic (exact) mass is 421 g/mol. The number of carbonyl (C=O) groups is 2. The molecule has 1 atom stereocenters. The van der Waals surface area contributed by atoms with Crippen molar-refractivity contribution in [3.8, 4) is 0 Å². The molecular formula is C20H35N7O3. The Morgan fingerprint density at radius 2 is 2.03 bits per heavy atom. The fourth-order valence-electron chi connectivity index (χ4n) is 3.44. The zero-order valence-electron chi connectivity index (χ0n) is 18.3. The fraction of sp³-hybridized carbons (Fsp3) is 0.700. The van der Waals surface area contributed by atoms with E-state index in [0.29, 0.717) is 23.8 Å². The Kier molecular flexibility index (Phi) is 9.92. The van der Waals surface area contributed by atoms with E-state index in [1.54, 1.807) is 0 Å². The Morgan fingerprint density at radius 1 is 1.30 bits per heavy atom. The van der Waals surface area contributed by atoms with Crippen molar-refractivity contribution in [1.29, 1.82) is 0 Å². The van der Waals surface area contributed by atoms with Gasteiger partial charge in [0.2, 0.25) is 18.3 Å². The van der Waals surface area contributed by atoms with Crippen molar-refractivity contribution in [3.63, 3.8) is 0 Å². The molecule has 2 amide bonds. The summed E-state index contributed by atoms with van der Waals surface area (Å²) in [5, 5.41) is 10.0. The molecule has 1 aliphatic heterocycles. The highest BCUT2D eigenvalue weighted by molar-refractivity contribution is 5.80. The lowest BCUT2D eigenvalue weighted by Gasteiger charge is -2.32. The van der Waals surface area contributed by atoms with Crippen LogP contribution in [0.3, 0.4) is 0 Å². The first-order valence-corrected chi connectivity index (χ1v) is 10.6. The average molecular weight is 422 g/mol. The summed E-state index contributed by atoms with van der Waals surface area (Å²) in [6, 6.07) is 1.95. The highest BCUT2D eigenvalue weighted by Gasteiger charge is 2.21. The summed E-state index contributed by atoms with van der Waals surface area (Å²) in [7, 11) is 2.12. The highest BCUT2D eigenvalue weighted by Crippen LogP contribution is 2.13. The second-order valence-corrected chi connectivity index (χ2v) is 7.94. The lowest BCUT2D eigenvalue weighted by molar-refractivity contribution is -0.154. The molecule has 3 N–H and O–H groups in total. The molecular weight excluding hydrogens is 386 g/mol. The molecule has 1 aromatic rings. The maximum atomic E-state index is 12.6. The van der Waals surface area contributed by atoms with Gasteiger partial charge in [-0.1, -0.05) is 26.2 Å². The van der Waals surface area contributed by atoms with Crippen molar-refractivity contribution in [2.75, 3.05) is 45.2 Å². The topological polar surface area (TPSA) is 114 Å². The molecule has 0 unspecified atom stereocenters. The van der Waals surface area contributed by atoms with Crippen molar-refractivity contribution >= 4 is 18.3 Å². The SMILES string of the molecule is CCCCC[C@H](CN(O)C=O)C(=O)NNc1nc(C)cc(CN2CCN(C)CC2)n1. The van der Waals surface area contributed by atoms with Gasteiger partial charge in [0.15, 0.2) is 0 Å². The molecule has 10 heteroatoms. The number of unbranched alkanes of at least 4 members (excludes halogenated alkanes) is 2. The number of nitrogens with zero attached hydrogens (tertiary/aromatic N) is 5. The van der Waals surface area contributed by atoms with Crippen molar-refractivity contribution in [1.82, 2.24) is 30.3 Å². The van der Waals surface area contributed by atoms with Gasteiger partial charge >= 0.3 is 0 Å². The molecule has 0 radical (unpaired) electrons. The van der Waals surface area contributed by atoms with Crippen LogP contribution in [0.15, 0.2) is 6.07 Å². The van der Waals surface area contributed by atoms with Gasteiger partial charge in [0.05, 0.1) is 18.2 Å². The smallest absolute Gasteiger partial charge is 0.243 e. The number of hydroxylamine groups is 2. The Labute approximate surface area is 178 Å². The Balaban J connectivity index is 1.94. The van der Waals surface area contributed by atoms with Crippen LogP contribution >= 0.6 is 0 Å². The molecule has 1 saturated heterocycles. The molecule has 0 aliphatic carbocycles. The molecule has 1 aromatic heterocycles. The molecule has 168 valence electrons. The quantitative estimate of drug-likeness (QED) is 0.198. The molecule has 2 rings (SSSR count). The molecule has 0 spiro atoms. The van der Waals surface area contributed by atoms with Gasteiger partial charge in [0.25, 0.3) is 0 Å². The van der Waals surface area contributed by atoms with Gasteiger partial charge in [0, 0.05) is 38.4 Å². The average Bonchev–Trinajstić information content (AvgIpc) is 2.72.